The van der Waals surface area contributed by atoms with Crippen molar-refractivity contribution in [1.29, 1.82) is 0 Å². The molecule has 17 heavy (non-hydrogen) atoms. The van der Waals surface area contributed by atoms with Gasteiger partial charge in [0.15, 0.2) is 5.82 Å². The van der Waals surface area contributed by atoms with Crippen molar-refractivity contribution < 1.29 is 30.0 Å². The van der Waals surface area contributed by atoms with E-state index in [2.05, 4.69) is 9.97 Å². The highest BCUT2D eigenvalue weighted by Gasteiger charge is 2.41. The van der Waals surface area contributed by atoms with Gasteiger partial charge in [0.1, 0.15) is 30.1 Å². The fourth-order valence-corrected chi connectivity index (χ4v) is 1.55. The van der Waals surface area contributed by atoms with Gasteiger partial charge in [0.25, 0.3) is 0 Å². The van der Waals surface area contributed by atoms with Crippen molar-refractivity contribution in [3.63, 3.8) is 0 Å². The van der Waals surface area contributed by atoms with Crippen LogP contribution in [0.3, 0.4) is 0 Å². The first-order valence-corrected chi connectivity index (χ1v) is 4.79. The Morgan fingerprint density at radius 1 is 1.00 bits per heavy atom. The minimum absolute atomic E-state index is 0.249. The summed E-state index contributed by atoms with van der Waals surface area (Å²) in [6.07, 6.45) is -6.77. The summed E-state index contributed by atoms with van der Waals surface area (Å²) in [6.45, 7) is 0. The molecule has 5 N–H and O–H groups in total. The molecule has 4 atom stereocenters. The average Bonchev–Trinajstić information content (AvgIpc) is 2.81. The number of nitrogens with one attached hydrogen (secondary N) is 1. The third-order valence-electron chi connectivity index (χ3n) is 2.60. The molecule has 1 aliphatic heterocycles. The Hall–Kier alpha value is -1.61. The van der Waals surface area contributed by atoms with E-state index >= 15 is 0 Å². The number of aliphatic hydroxyl groups excluding tert-OH is 4. The lowest BCUT2D eigenvalue weighted by Crippen LogP contribution is -2.49. The van der Waals surface area contributed by atoms with Crippen LogP contribution < -0.4 is 0 Å². The van der Waals surface area contributed by atoms with E-state index in [1.54, 1.807) is 0 Å². The zero-order valence-corrected chi connectivity index (χ0v) is 8.44. The van der Waals surface area contributed by atoms with Gasteiger partial charge in [-0.05, 0) is 0 Å². The van der Waals surface area contributed by atoms with Crippen molar-refractivity contribution in [3.05, 3.63) is 17.7 Å². The molecule has 0 radical (unpaired) electrons. The van der Waals surface area contributed by atoms with Gasteiger partial charge in [-0.3, -0.25) is 9.59 Å². The van der Waals surface area contributed by atoms with Crippen LogP contribution in [0.1, 0.15) is 21.1 Å². The van der Waals surface area contributed by atoms with Crippen molar-refractivity contribution in [2.24, 2.45) is 0 Å². The average molecular weight is 242 g/mol. The summed E-state index contributed by atoms with van der Waals surface area (Å²) in [4.78, 5) is 29.0. The lowest BCUT2D eigenvalue weighted by atomic mass is 9.97. The molecule has 0 saturated heterocycles. The number of aromatic nitrogens is 2. The Morgan fingerprint density at radius 3 is 2.12 bits per heavy atom. The molecular weight excluding hydrogens is 232 g/mol. The van der Waals surface area contributed by atoms with E-state index in [4.69, 9.17) is 0 Å². The van der Waals surface area contributed by atoms with E-state index in [0.29, 0.717) is 0 Å². The molecule has 0 aliphatic carbocycles. The zero-order valence-electron chi connectivity index (χ0n) is 8.44. The predicted octanol–water partition coefficient (Wildman–Crippen LogP) is -2.77. The van der Waals surface area contributed by atoms with Crippen molar-refractivity contribution in [1.82, 2.24) is 9.97 Å². The quantitative estimate of drug-likeness (QED) is 0.331. The maximum absolute atomic E-state index is 11.5. The number of carbonyl (C=O) groups is 2. The number of nitrogens with zero attached hydrogens (tertiary/aromatic N) is 1. The van der Waals surface area contributed by atoms with Crippen LogP contribution in [0, 0.1) is 0 Å². The van der Waals surface area contributed by atoms with Crippen molar-refractivity contribution in [3.8, 4) is 0 Å². The van der Waals surface area contributed by atoms with Crippen molar-refractivity contribution in [2.75, 3.05) is 0 Å². The van der Waals surface area contributed by atoms with E-state index < -0.39 is 36.0 Å². The Labute approximate surface area is 94.5 Å². The molecule has 0 fully saturated rings. The highest BCUT2D eigenvalue weighted by molar-refractivity contribution is 6.02. The Balaban J connectivity index is 2.50. The number of Topliss-reactive ketones (excluding diaryl/α,β-unsaturated/α-hetero) is 2. The molecule has 8 nitrogen and oxygen atoms in total. The first-order chi connectivity index (χ1) is 7.93. The highest BCUT2D eigenvalue weighted by Crippen LogP contribution is 2.15. The fraction of sp³-hybridized carbons (Fsp3) is 0.444. The number of aliphatic hydroxyl groups is 4. The monoisotopic (exact) mass is 242 g/mol. The van der Waals surface area contributed by atoms with E-state index in [-0.39, 0.29) is 11.5 Å². The maximum Gasteiger partial charge on any atom is 0.229 e. The van der Waals surface area contributed by atoms with E-state index in [9.17, 15) is 30.0 Å². The van der Waals surface area contributed by atoms with Gasteiger partial charge < -0.3 is 25.4 Å². The minimum Gasteiger partial charge on any atom is -0.387 e. The van der Waals surface area contributed by atoms with Crippen molar-refractivity contribution in [2.45, 2.75) is 24.4 Å². The van der Waals surface area contributed by atoms with Crippen molar-refractivity contribution >= 4 is 11.6 Å². The van der Waals surface area contributed by atoms with Gasteiger partial charge in [0.05, 0.1) is 0 Å². The van der Waals surface area contributed by atoms with Crippen LogP contribution in [0.2, 0.25) is 0 Å². The molecule has 1 aromatic heterocycles. The third-order valence-corrected chi connectivity index (χ3v) is 2.60. The number of H-pyrrole nitrogens is 1. The lowest BCUT2D eigenvalue weighted by molar-refractivity contribution is -0.0841. The largest absolute Gasteiger partial charge is 0.387 e. The molecule has 2 heterocycles. The smallest absolute Gasteiger partial charge is 0.229 e. The van der Waals surface area contributed by atoms with Crippen LogP contribution in [0.25, 0.3) is 0 Å². The minimum atomic E-state index is -1.97. The van der Waals surface area contributed by atoms with Crippen LogP contribution in [-0.4, -0.2) is 66.4 Å². The zero-order chi connectivity index (χ0) is 12.7. The molecule has 0 saturated carbocycles. The van der Waals surface area contributed by atoms with Gasteiger partial charge in [-0.2, -0.15) is 0 Å². The second kappa shape index (κ2) is 4.00. The summed E-state index contributed by atoms with van der Waals surface area (Å²) in [7, 11) is 0. The van der Waals surface area contributed by atoms with E-state index in [1.807, 2.05) is 0 Å². The van der Waals surface area contributed by atoms with Crippen LogP contribution in [-0.2, 0) is 0 Å². The van der Waals surface area contributed by atoms with Crippen LogP contribution in [0.5, 0.6) is 0 Å². The number of aromatic amines is 1. The molecular formula is C9H10N2O6. The number of hydrogen-bond acceptors (Lipinski definition) is 7. The van der Waals surface area contributed by atoms with Gasteiger partial charge in [-0.25, -0.2) is 4.98 Å². The molecule has 2 rings (SSSR count). The SMILES string of the molecule is O=C1c2c[nH]c(n2)C(=O)C(O)C(O)C(O)C1O. The van der Waals surface area contributed by atoms with E-state index in [0.717, 1.165) is 6.20 Å². The Bertz CT molecular complexity index is 429. The van der Waals surface area contributed by atoms with Crippen LogP contribution >= 0.6 is 0 Å². The molecule has 0 amide bonds. The van der Waals surface area contributed by atoms with Crippen LogP contribution in [0.15, 0.2) is 6.20 Å². The molecule has 1 aromatic rings. The lowest BCUT2D eigenvalue weighted by Gasteiger charge is -2.23. The summed E-state index contributed by atoms with van der Waals surface area (Å²) in [5.74, 6) is -2.23. The highest BCUT2D eigenvalue weighted by atomic mass is 16.4. The van der Waals surface area contributed by atoms with E-state index in [1.165, 1.54) is 0 Å². The maximum atomic E-state index is 11.5. The third kappa shape index (κ3) is 1.76. The molecule has 0 aromatic carbocycles. The number of fused-ring (bicyclic) bond motifs is 2. The Morgan fingerprint density at radius 2 is 1.53 bits per heavy atom. The van der Waals surface area contributed by atoms with Crippen LogP contribution in [0.4, 0.5) is 0 Å². The summed E-state index contributed by atoms with van der Waals surface area (Å²) in [5.41, 5.74) is -0.249. The summed E-state index contributed by atoms with van der Waals surface area (Å²) >= 11 is 0. The number of imidazole rings is 1. The van der Waals surface area contributed by atoms with Gasteiger partial charge >= 0.3 is 0 Å². The first-order valence-electron chi connectivity index (χ1n) is 4.79. The number of hydrogen-bond donors (Lipinski definition) is 5. The normalized spacial score (nSPS) is 34.1. The predicted molar refractivity (Wildman–Crippen MR) is 51.3 cm³/mol. The second-order valence-corrected chi connectivity index (χ2v) is 3.73. The molecule has 8 heteroatoms. The topological polar surface area (TPSA) is 144 Å². The second-order valence-electron chi connectivity index (χ2n) is 3.73. The van der Waals surface area contributed by atoms with Gasteiger partial charge in [-0.15, -0.1) is 0 Å². The Kier molecular flexibility index (Phi) is 2.79. The number of rotatable bonds is 0. The van der Waals surface area contributed by atoms with Gasteiger partial charge in [0.2, 0.25) is 11.6 Å². The first kappa shape index (κ1) is 11.9. The molecule has 92 valence electrons. The standard InChI is InChI=1S/C9H10N2O6/c12-3-2-1-10-9(11-2)8(17)7(16)6(15)5(14)4(3)13/h1,4-7,13-16H,(H,10,11). The summed E-state index contributed by atoms with van der Waals surface area (Å²) in [6, 6.07) is 0. The molecule has 2 bridgehead atoms. The molecule has 4 unspecified atom stereocenters. The van der Waals surface area contributed by atoms with Gasteiger partial charge in [-0.1, -0.05) is 0 Å². The summed E-state index contributed by atoms with van der Waals surface area (Å²) in [5, 5.41) is 37.8. The number of ketones is 2. The number of carbonyl (C=O) groups excluding carboxylic acids is 2. The molecule has 1 aliphatic rings. The fourth-order valence-electron chi connectivity index (χ4n) is 1.55. The van der Waals surface area contributed by atoms with Gasteiger partial charge in [0, 0.05) is 6.20 Å². The molecule has 0 spiro atoms. The summed E-state index contributed by atoms with van der Waals surface area (Å²) < 4.78 is 0.